The Kier molecular flexibility index (Phi) is 7.89. The van der Waals surface area contributed by atoms with Crippen LogP contribution in [0.25, 0.3) is 61.8 Å². The largest absolute Gasteiger partial charge is 0.298 e. The Labute approximate surface area is 287 Å². The van der Waals surface area contributed by atoms with Gasteiger partial charge in [0.2, 0.25) is 0 Å². The highest BCUT2D eigenvalue weighted by molar-refractivity contribution is 6.17. The molecule has 234 valence electrons. The minimum Gasteiger partial charge on any atom is -0.298 e. The molecule has 1 aliphatic heterocycles. The van der Waals surface area contributed by atoms with Crippen LogP contribution in [0, 0.1) is 0 Å². The van der Waals surface area contributed by atoms with Crippen molar-refractivity contribution in [1.82, 2.24) is 4.98 Å². The van der Waals surface area contributed by atoms with Crippen LogP contribution in [0.2, 0.25) is 0 Å². The Morgan fingerprint density at radius 2 is 1.10 bits per heavy atom. The van der Waals surface area contributed by atoms with Gasteiger partial charge in [-0.2, -0.15) is 0 Å². The van der Waals surface area contributed by atoms with Gasteiger partial charge >= 0.3 is 0 Å². The lowest BCUT2D eigenvalue weighted by Gasteiger charge is -2.20. The van der Waals surface area contributed by atoms with Gasteiger partial charge in [0, 0.05) is 22.9 Å². The van der Waals surface area contributed by atoms with Gasteiger partial charge in [-0.3, -0.25) is 15.7 Å². The number of hydrogen-bond donors (Lipinski definition) is 1. The predicted octanol–water partition coefficient (Wildman–Crippen LogP) is 11.1. The topological polar surface area (TPSA) is 51.3 Å². The molecule has 1 unspecified atom stereocenters. The Hall–Kier alpha value is -6.16. The van der Waals surface area contributed by atoms with Crippen molar-refractivity contribution in [2.75, 3.05) is 0 Å². The summed E-state index contributed by atoms with van der Waals surface area (Å²) in [6.45, 7) is 2.07. The molecule has 2 heterocycles. The quantitative estimate of drug-likeness (QED) is 0.182. The Morgan fingerprint density at radius 3 is 1.82 bits per heavy atom. The fraction of sp³-hybridized carbons (Fsp3) is 0.0435. The van der Waals surface area contributed by atoms with Gasteiger partial charge in [-0.15, -0.1) is 0 Å². The molecule has 1 aromatic heterocycles. The number of rotatable bonds is 8. The number of aromatic nitrogens is 1. The number of nitrogens with zero attached hydrogens (tertiary/aromatic N) is 2. The third-order valence-corrected chi connectivity index (χ3v) is 9.21. The fourth-order valence-electron chi connectivity index (χ4n) is 6.79. The van der Waals surface area contributed by atoms with Crippen LogP contribution in [0.1, 0.15) is 23.6 Å². The first kappa shape index (κ1) is 30.2. The van der Waals surface area contributed by atoms with Gasteiger partial charge in [0.15, 0.2) is 5.66 Å². The molecule has 0 amide bonds. The van der Waals surface area contributed by atoms with Crippen molar-refractivity contribution in [3.8, 4) is 55.8 Å². The minimum absolute atomic E-state index is 0.857. The first-order valence-corrected chi connectivity index (χ1v) is 16.7. The zero-order valence-electron chi connectivity index (χ0n) is 27.3. The minimum atomic E-state index is -0.857. The fourth-order valence-corrected chi connectivity index (χ4v) is 6.79. The predicted molar refractivity (Wildman–Crippen MR) is 205 cm³/mol. The third-order valence-electron chi connectivity index (χ3n) is 9.21. The number of pyridine rings is 1. The van der Waals surface area contributed by atoms with Crippen molar-refractivity contribution in [2.45, 2.75) is 12.6 Å². The zero-order valence-corrected chi connectivity index (χ0v) is 27.3. The maximum atomic E-state index is 6.97. The van der Waals surface area contributed by atoms with Crippen molar-refractivity contribution in [3.63, 3.8) is 0 Å². The number of allylic oxidation sites excluding steroid dienone is 1. The van der Waals surface area contributed by atoms with E-state index in [1.54, 1.807) is 0 Å². The van der Waals surface area contributed by atoms with E-state index < -0.39 is 5.66 Å². The molecule has 7 aromatic rings. The number of benzene rings is 6. The molecule has 0 aliphatic carbocycles. The Morgan fingerprint density at radius 1 is 0.510 bits per heavy atom. The van der Waals surface area contributed by atoms with Gasteiger partial charge in [0.05, 0.1) is 11.4 Å². The van der Waals surface area contributed by atoms with Gasteiger partial charge in [-0.05, 0) is 87.3 Å². The summed E-state index contributed by atoms with van der Waals surface area (Å²) in [4.78, 5) is 9.36. The summed E-state index contributed by atoms with van der Waals surface area (Å²) in [5, 5.41) is 0. The van der Waals surface area contributed by atoms with Crippen LogP contribution in [0.15, 0.2) is 181 Å². The summed E-state index contributed by atoms with van der Waals surface area (Å²) < 4.78 is 0. The van der Waals surface area contributed by atoms with Crippen LogP contribution >= 0.6 is 0 Å². The molecular weight excluding hydrogens is 595 g/mol. The van der Waals surface area contributed by atoms with Crippen LogP contribution in [0.3, 0.4) is 0 Å². The van der Waals surface area contributed by atoms with Crippen LogP contribution in [-0.4, -0.2) is 10.7 Å². The van der Waals surface area contributed by atoms with E-state index in [9.17, 15) is 0 Å². The average molecular weight is 630 g/mol. The molecule has 1 aliphatic rings. The SMILES string of the molecule is C/C=C/c1ccc(-c2cccc(-c3cccc(C4(N)N=C4c4cccc(-c5ccccn5)c4)c3)c2)c(-c2ccccc2)c1-c1ccccc1. The van der Waals surface area contributed by atoms with Crippen molar-refractivity contribution < 1.29 is 0 Å². The molecule has 0 spiro atoms. The maximum Gasteiger partial charge on any atom is 0.177 e. The molecule has 0 saturated carbocycles. The monoisotopic (exact) mass is 629 g/mol. The summed E-state index contributed by atoms with van der Waals surface area (Å²) >= 11 is 0. The van der Waals surface area contributed by atoms with E-state index >= 15 is 0 Å². The summed E-state index contributed by atoms with van der Waals surface area (Å²) in [7, 11) is 0. The lowest BCUT2D eigenvalue weighted by Crippen LogP contribution is -2.28. The second-order valence-electron chi connectivity index (χ2n) is 12.4. The molecule has 0 bridgehead atoms. The van der Waals surface area contributed by atoms with Crippen molar-refractivity contribution in [2.24, 2.45) is 10.7 Å². The van der Waals surface area contributed by atoms with E-state index in [-0.39, 0.29) is 0 Å². The van der Waals surface area contributed by atoms with E-state index in [4.69, 9.17) is 10.7 Å². The highest BCUT2D eigenvalue weighted by Crippen LogP contribution is 2.44. The molecule has 0 fully saturated rings. The summed E-state index contributed by atoms with van der Waals surface area (Å²) in [6.07, 6.45) is 6.13. The second-order valence-corrected chi connectivity index (χ2v) is 12.4. The van der Waals surface area contributed by atoms with Crippen molar-refractivity contribution in [1.29, 1.82) is 0 Å². The highest BCUT2D eigenvalue weighted by atomic mass is 15.2. The molecule has 1 atom stereocenters. The first-order valence-electron chi connectivity index (χ1n) is 16.7. The van der Waals surface area contributed by atoms with E-state index in [1.807, 2.05) is 30.5 Å². The number of hydrogen-bond acceptors (Lipinski definition) is 3. The highest BCUT2D eigenvalue weighted by Gasteiger charge is 2.46. The molecule has 0 saturated heterocycles. The van der Waals surface area contributed by atoms with E-state index in [0.29, 0.717) is 0 Å². The standard InChI is InChI=1S/C46H35N3/c1-2-14-32-26-27-41(44(34-17-7-4-8-18-34)43(32)33-15-5-3-6-16-33)37-21-11-19-35(29-37)36-20-13-24-40(31-36)46(47)45(49-46)39-23-12-22-38(30-39)42-25-9-10-28-48-42/h2-31H,47H2,1H3/b14-2+. The molecule has 0 radical (unpaired) electrons. The summed E-state index contributed by atoms with van der Waals surface area (Å²) in [6, 6.07) is 57.5. The molecular formula is C46H35N3. The van der Waals surface area contributed by atoms with E-state index in [1.165, 1.54) is 33.4 Å². The summed E-state index contributed by atoms with van der Waals surface area (Å²) in [5.74, 6) is 0. The molecule has 3 nitrogen and oxygen atoms in total. The first-order chi connectivity index (χ1) is 24.1. The maximum absolute atomic E-state index is 6.97. The Balaban J connectivity index is 1.18. The third kappa shape index (κ3) is 5.82. The van der Waals surface area contributed by atoms with Crippen molar-refractivity contribution in [3.05, 3.63) is 193 Å². The van der Waals surface area contributed by atoms with Crippen LogP contribution in [-0.2, 0) is 5.66 Å². The second kappa shape index (κ2) is 12.8. The lowest BCUT2D eigenvalue weighted by atomic mass is 9.84. The normalized spacial score (nSPS) is 15.3. The summed E-state index contributed by atoms with van der Waals surface area (Å²) in [5.41, 5.74) is 21.6. The molecule has 6 aromatic carbocycles. The molecule has 2 N–H and O–H groups in total. The number of aliphatic imine (C=N–C) groups is 1. The smallest absolute Gasteiger partial charge is 0.177 e. The van der Waals surface area contributed by atoms with E-state index in [2.05, 4.69) is 164 Å². The molecule has 3 heteroatoms. The van der Waals surface area contributed by atoms with Gasteiger partial charge < -0.3 is 0 Å². The van der Waals surface area contributed by atoms with Crippen LogP contribution in [0.5, 0.6) is 0 Å². The number of nitrogens with two attached hydrogens (primary N) is 1. The molecule has 8 rings (SSSR count). The van der Waals surface area contributed by atoms with Gasteiger partial charge in [0.1, 0.15) is 0 Å². The average Bonchev–Trinajstić information content (AvgIpc) is 3.88. The lowest BCUT2D eigenvalue weighted by molar-refractivity contribution is 0.758. The zero-order chi connectivity index (χ0) is 33.2. The van der Waals surface area contributed by atoms with Gasteiger partial charge in [-0.25, -0.2) is 0 Å². The van der Waals surface area contributed by atoms with Crippen molar-refractivity contribution >= 4 is 11.8 Å². The van der Waals surface area contributed by atoms with E-state index in [0.717, 1.165) is 44.8 Å². The van der Waals surface area contributed by atoms with Crippen LogP contribution in [0.4, 0.5) is 0 Å². The van der Waals surface area contributed by atoms with Crippen LogP contribution < -0.4 is 5.73 Å². The van der Waals surface area contributed by atoms with Gasteiger partial charge in [0.25, 0.3) is 0 Å². The Bertz CT molecular complexity index is 2340. The van der Waals surface area contributed by atoms with Gasteiger partial charge in [-0.1, -0.05) is 146 Å². The molecule has 49 heavy (non-hydrogen) atoms.